The lowest BCUT2D eigenvalue weighted by atomic mass is 10.1. The van der Waals surface area contributed by atoms with Crippen molar-refractivity contribution in [3.8, 4) is 0 Å². The largest absolute Gasteiger partial charge is 0.341 e. The summed E-state index contributed by atoms with van der Waals surface area (Å²) in [6, 6.07) is 1.27. The van der Waals surface area contributed by atoms with E-state index < -0.39 is 6.04 Å². The normalized spacial score (nSPS) is 18.8. The van der Waals surface area contributed by atoms with Crippen LogP contribution >= 0.6 is 0 Å². The van der Waals surface area contributed by atoms with Gasteiger partial charge in [0.1, 0.15) is 6.04 Å². The van der Waals surface area contributed by atoms with Crippen molar-refractivity contribution in [1.82, 2.24) is 20.4 Å². The van der Waals surface area contributed by atoms with Gasteiger partial charge in [-0.15, -0.1) is 0 Å². The van der Waals surface area contributed by atoms with Gasteiger partial charge in [0.15, 0.2) is 0 Å². The van der Waals surface area contributed by atoms with E-state index in [4.69, 9.17) is 4.52 Å². The average Bonchev–Trinajstić information content (AvgIpc) is 3.44. The summed E-state index contributed by atoms with van der Waals surface area (Å²) in [4.78, 5) is 31.9. The molecule has 2 aromatic rings. The molecule has 138 valence electrons. The standard InChI is InChI=1S/C19H24N4O3/c1-11-16-14(10-15(13-6-7-13)21-18(16)26-22-11)17(24)20-12(2)19(25)23-8-4-3-5-9-23/h10,12-13H,3-9H2,1-2H3,(H,20,24)/t12-/m0/s1. The number of fused-ring (bicyclic) bond motifs is 1. The van der Waals surface area contributed by atoms with Gasteiger partial charge in [-0.25, -0.2) is 4.98 Å². The second-order valence-corrected chi connectivity index (χ2v) is 7.40. The second kappa shape index (κ2) is 6.70. The fourth-order valence-corrected chi connectivity index (χ4v) is 3.61. The molecule has 0 unspecified atom stereocenters. The van der Waals surface area contributed by atoms with Gasteiger partial charge in [-0.1, -0.05) is 5.16 Å². The molecule has 2 amide bonds. The molecule has 0 radical (unpaired) electrons. The van der Waals surface area contributed by atoms with Crippen molar-refractivity contribution in [1.29, 1.82) is 0 Å². The molecule has 4 rings (SSSR count). The summed E-state index contributed by atoms with van der Waals surface area (Å²) in [5, 5.41) is 7.45. The summed E-state index contributed by atoms with van der Waals surface area (Å²) in [5.41, 5.74) is 2.39. The predicted octanol–water partition coefficient (Wildman–Crippen LogP) is 2.54. The van der Waals surface area contributed by atoms with Crippen LogP contribution in [0, 0.1) is 6.92 Å². The van der Waals surface area contributed by atoms with Crippen LogP contribution in [0.25, 0.3) is 11.1 Å². The minimum Gasteiger partial charge on any atom is -0.341 e. The molecule has 2 aliphatic rings. The van der Waals surface area contributed by atoms with E-state index >= 15 is 0 Å². The first-order valence-electron chi connectivity index (χ1n) is 9.41. The van der Waals surface area contributed by atoms with Gasteiger partial charge in [0, 0.05) is 24.7 Å². The van der Waals surface area contributed by atoms with E-state index in [0.717, 1.165) is 50.9 Å². The number of hydrogen-bond donors (Lipinski definition) is 1. The summed E-state index contributed by atoms with van der Waals surface area (Å²) < 4.78 is 5.29. The Kier molecular flexibility index (Phi) is 4.38. The molecule has 1 saturated carbocycles. The lowest BCUT2D eigenvalue weighted by Gasteiger charge is -2.29. The average molecular weight is 356 g/mol. The van der Waals surface area contributed by atoms with Crippen LogP contribution in [0.3, 0.4) is 0 Å². The smallest absolute Gasteiger partial charge is 0.259 e. The fourth-order valence-electron chi connectivity index (χ4n) is 3.61. The number of aromatic nitrogens is 2. The number of nitrogens with one attached hydrogen (secondary N) is 1. The number of carbonyl (C=O) groups is 2. The van der Waals surface area contributed by atoms with Crippen LogP contribution in [0.2, 0.25) is 0 Å². The number of rotatable bonds is 4. The molecule has 7 nitrogen and oxygen atoms in total. The van der Waals surface area contributed by atoms with Gasteiger partial charge in [-0.2, -0.15) is 0 Å². The number of carbonyl (C=O) groups excluding carboxylic acids is 2. The van der Waals surface area contributed by atoms with Gasteiger partial charge in [-0.3, -0.25) is 9.59 Å². The predicted molar refractivity (Wildman–Crippen MR) is 95.9 cm³/mol. The molecule has 0 bridgehead atoms. The number of likely N-dealkylation sites (tertiary alicyclic amines) is 1. The number of nitrogens with zero attached hydrogens (tertiary/aromatic N) is 3. The number of piperidine rings is 1. The third-order valence-electron chi connectivity index (χ3n) is 5.26. The molecule has 0 spiro atoms. The van der Waals surface area contributed by atoms with Crippen molar-refractivity contribution in [2.75, 3.05) is 13.1 Å². The molecule has 2 aromatic heterocycles. The highest BCUT2D eigenvalue weighted by Crippen LogP contribution is 2.40. The maximum absolute atomic E-state index is 12.9. The first kappa shape index (κ1) is 17.0. The molecule has 1 saturated heterocycles. The van der Waals surface area contributed by atoms with E-state index in [1.807, 2.05) is 11.0 Å². The number of amides is 2. The van der Waals surface area contributed by atoms with E-state index in [0.29, 0.717) is 28.3 Å². The Morgan fingerprint density at radius 2 is 2.00 bits per heavy atom. The summed E-state index contributed by atoms with van der Waals surface area (Å²) in [6.45, 7) is 5.09. The van der Waals surface area contributed by atoms with Crippen LogP contribution in [-0.4, -0.2) is 46.0 Å². The maximum atomic E-state index is 12.9. The van der Waals surface area contributed by atoms with E-state index in [9.17, 15) is 9.59 Å². The van der Waals surface area contributed by atoms with Crippen LogP contribution in [0.15, 0.2) is 10.6 Å². The van der Waals surface area contributed by atoms with Crippen molar-refractivity contribution in [3.05, 3.63) is 23.0 Å². The second-order valence-electron chi connectivity index (χ2n) is 7.40. The first-order chi connectivity index (χ1) is 12.5. The zero-order valence-corrected chi connectivity index (χ0v) is 15.2. The minimum atomic E-state index is -0.562. The molecule has 26 heavy (non-hydrogen) atoms. The Morgan fingerprint density at radius 3 is 2.69 bits per heavy atom. The van der Waals surface area contributed by atoms with Gasteiger partial charge in [0.05, 0.1) is 16.6 Å². The Morgan fingerprint density at radius 1 is 1.27 bits per heavy atom. The van der Waals surface area contributed by atoms with E-state index in [1.165, 1.54) is 0 Å². The van der Waals surface area contributed by atoms with Gasteiger partial charge in [-0.05, 0) is 52.0 Å². The van der Waals surface area contributed by atoms with E-state index in [1.54, 1.807) is 13.8 Å². The molecule has 3 heterocycles. The quantitative estimate of drug-likeness (QED) is 0.909. The minimum absolute atomic E-state index is 0.0205. The SMILES string of the molecule is Cc1noc2nc(C3CC3)cc(C(=O)N[C@@H](C)C(=O)N3CCCCC3)c12. The zero-order valence-electron chi connectivity index (χ0n) is 15.2. The number of hydrogen-bond acceptors (Lipinski definition) is 5. The summed E-state index contributed by atoms with van der Waals surface area (Å²) >= 11 is 0. The van der Waals surface area contributed by atoms with Crippen molar-refractivity contribution in [2.24, 2.45) is 0 Å². The van der Waals surface area contributed by atoms with Crippen molar-refractivity contribution in [2.45, 2.75) is 57.9 Å². The lowest BCUT2D eigenvalue weighted by molar-refractivity contribution is -0.133. The highest BCUT2D eigenvalue weighted by atomic mass is 16.5. The summed E-state index contributed by atoms with van der Waals surface area (Å²) in [7, 11) is 0. The highest BCUT2D eigenvalue weighted by molar-refractivity contribution is 6.07. The van der Waals surface area contributed by atoms with Crippen molar-refractivity contribution >= 4 is 22.9 Å². The van der Waals surface area contributed by atoms with E-state index in [-0.39, 0.29) is 11.8 Å². The Bertz CT molecular complexity index is 850. The monoisotopic (exact) mass is 356 g/mol. The molecular weight excluding hydrogens is 332 g/mol. The Labute approximate surface area is 152 Å². The van der Waals surface area contributed by atoms with Crippen LogP contribution in [0.4, 0.5) is 0 Å². The van der Waals surface area contributed by atoms with E-state index in [2.05, 4.69) is 15.5 Å². The van der Waals surface area contributed by atoms with Gasteiger partial charge >= 0.3 is 0 Å². The lowest BCUT2D eigenvalue weighted by Crippen LogP contribution is -2.48. The van der Waals surface area contributed by atoms with Gasteiger partial charge in [0.2, 0.25) is 5.91 Å². The molecule has 1 aliphatic heterocycles. The molecule has 1 atom stereocenters. The van der Waals surface area contributed by atoms with Crippen molar-refractivity contribution in [3.63, 3.8) is 0 Å². The van der Waals surface area contributed by atoms with Gasteiger partial charge in [0.25, 0.3) is 11.6 Å². The summed E-state index contributed by atoms with van der Waals surface area (Å²) in [6.07, 6.45) is 5.38. The third-order valence-corrected chi connectivity index (χ3v) is 5.26. The summed E-state index contributed by atoms with van der Waals surface area (Å²) in [5.74, 6) is 0.0972. The topological polar surface area (TPSA) is 88.3 Å². The molecular formula is C19H24N4O3. The number of pyridine rings is 1. The molecule has 0 aromatic carbocycles. The van der Waals surface area contributed by atoms with Gasteiger partial charge < -0.3 is 14.7 Å². The molecule has 1 N–H and O–H groups in total. The molecule has 7 heteroatoms. The molecule has 1 aliphatic carbocycles. The third kappa shape index (κ3) is 3.18. The fraction of sp³-hybridized carbons (Fsp3) is 0.579. The Balaban J connectivity index is 1.57. The van der Waals surface area contributed by atoms with Crippen LogP contribution in [0.1, 0.15) is 66.7 Å². The van der Waals surface area contributed by atoms with Crippen LogP contribution in [-0.2, 0) is 4.79 Å². The van der Waals surface area contributed by atoms with Crippen molar-refractivity contribution < 1.29 is 14.1 Å². The Hall–Kier alpha value is -2.44. The van der Waals surface area contributed by atoms with Crippen LogP contribution in [0.5, 0.6) is 0 Å². The highest BCUT2D eigenvalue weighted by Gasteiger charge is 2.30. The maximum Gasteiger partial charge on any atom is 0.259 e. The zero-order chi connectivity index (χ0) is 18.3. The number of aryl methyl sites for hydroxylation is 1. The first-order valence-corrected chi connectivity index (χ1v) is 9.41. The van der Waals surface area contributed by atoms with Crippen LogP contribution < -0.4 is 5.32 Å². The molecule has 2 fully saturated rings.